The predicted molar refractivity (Wildman–Crippen MR) is 109 cm³/mol. The van der Waals surface area contributed by atoms with Gasteiger partial charge < -0.3 is 20.7 Å². The molecule has 7 nitrogen and oxygen atoms in total. The van der Waals surface area contributed by atoms with Crippen LogP contribution in [0.25, 0.3) is 0 Å². The first-order valence-electron chi connectivity index (χ1n) is 9.61. The van der Waals surface area contributed by atoms with Gasteiger partial charge in [0, 0.05) is 19.0 Å². The Bertz CT molecular complexity index is 890. The number of carbonyl (C=O) groups excluding carboxylic acids is 3. The standard InChI is InChI=1S/C22H25N3O4/c1-15-6-5-9-18(20(23)26)19(15)24-21(27)17-10-12-25(13-11-17)22(28)29-14-16-7-3-2-4-8-16/h2-9,17H,10-14H2,1H3,(H2,23,26)(H,24,27). The Morgan fingerprint density at radius 2 is 1.76 bits per heavy atom. The van der Waals surface area contributed by atoms with Crippen LogP contribution in [0.2, 0.25) is 0 Å². The van der Waals surface area contributed by atoms with Crippen molar-refractivity contribution >= 4 is 23.6 Å². The van der Waals surface area contributed by atoms with Gasteiger partial charge >= 0.3 is 6.09 Å². The first-order valence-corrected chi connectivity index (χ1v) is 9.61. The van der Waals surface area contributed by atoms with Crippen LogP contribution < -0.4 is 11.1 Å². The minimum atomic E-state index is -0.583. The Balaban J connectivity index is 1.52. The Morgan fingerprint density at radius 1 is 1.07 bits per heavy atom. The van der Waals surface area contributed by atoms with Gasteiger partial charge in [0.15, 0.2) is 0 Å². The summed E-state index contributed by atoms with van der Waals surface area (Å²) in [5.74, 6) is -0.993. The largest absolute Gasteiger partial charge is 0.445 e. The molecule has 0 radical (unpaired) electrons. The monoisotopic (exact) mass is 395 g/mol. The molecule has 2 aromatic carbocycles. The molecule has 0 aromatic heterocycles. The molecule has 1 heterocycles. The predicted octanol–water partition coefficient (Wildman–Crippen LogP) is 3.08. The maximum atomic E-state index is 12.7. The Kier molecular flexibility index (Phi) is 6.49. The topological polar surface area (TPSA) is 102 Å². The molecular formula is C22H25N3O4. The van der Waals surface area contributed by atoms with Crippen molar-refractivity contribution in [2.45, 2.75) is 26.4 Å². The number of nitrogens with zero attached hydrogens (tertiary/aromatic N) is 1. The van der Waals surface area contributed by atoms with E-state index in [1.807, 2.05) is 43.3 Å². The van der Waals surface area contributed by atoms with Crippen LogP contribution in [-0.4, -0.2) is 35.9 Å². The smallest absolute Gasteiger partial charge is 0.410 e. The van der Waals surface area contributed by atoms with Crippen molar-refractivity contribution in [2.75, 3.05) is 18.4 Å². The maximum absolute atomic E-state index is 12.7. The Labute approximate surface area is 169 Å². The third-order valence-corrected chi connectivity index (χ3v) is 5.12. The van der Waals surface area contributed by atoms with E-state index in [0.29, 0.717) is 37.2 Å². The van der Waals surface area contributed by atoms with Crippen molar-refractivity contribution in [1.82, 2.24) is 4.90 Å². The lowest BCUT2D eigenvalue weighted by molar-refractivity contribution is -0.121. The number of likely N-dealkylation sites (tertiary alicyclic amines) is 1. The van der Waals surface area contributed by atoms with Gasteiger partial charge in [0.05, 0.1) is 11.3 Å². The van der Waals surface area contributed by atoms with Crippen molar-refractivity contribution in [1.29, 1.82) is 0 Å². The lowest BCUT2D eigenvalue weighted by atomic mass is 9.95. The summed E-state index contributed by atoms with van der Waals surface area (Å²) in [6, 6.07) is 14.6. The van der Waals surface area contributed by atoms with E-state index < -0.39 is 5.91 Å². The molecule has 3 N–H and O–H groups in total. The van der Waals surface area contributed by atoms with Gasteiger partial charge in [-0.25, -0.2) is 4.79 Å². The van der Waals surface area contributed by atoms with Crippen molar-refractivity contribution in [2.24, 2.45) is 11.7 Å². The molecule has 0 bridgehead atoms. The number of primary amides is 1. The third kappa shape index (κ3) is 5.13. The van der Waals surface area contributed by atoms with Gasteiger partial charge in [0.1, 0.15) is 6.61 Å². The molecule has 0 saturated carbocycles. The van der Waals surface area contributed by atoms with E-state index in [1.54, 1.807) is 17.0 Å². The van der Waals surface area contributed by atoms with E-state index in [4.69, 9.17) is 10.5 Å². The number of aryl methyl sites for hydroxylation is 1. The highest BCUT2D eigenvalue weighted by molar-refractivity contribution is 6.04. The summed E-state index contributed by atoms with van der Waals surface area (Å²) in [5, 5.41) is 2.85. The van der Waals surface area contributed by atoms with E-state index in [0.717, 1.165) is 11.1 Å². The summed E-state index contributed by atoms with van der Waals surface area (Å²) in [6.45, 7) is 2.93. The maximum Gasteiger partial charge on any atom is 0.410 e. The number of para-hydroxylation sites is 1. The second-order valence-electron chi connectivity index (χ2n) is 7.15. The molecule has 0 spiro atoms. The lowest BCUT2D eigenvalue weighted by Crippen LogP contribution is -2.41. The molecule has 0 atom stereocenters. The van der Waals surface area contributed by atoms with E-state index in [-0.39, 0.29) is 24.5 Å². The second kappa shape index (κ2) is 9.23. The summed E-state index contributed by atoms with van der Waals surface area (Å²) in [7, 11) is 0. The van der Waals surface area contributed by atoms with Crippen molar-refractivity contribution in [3.63, 3.8) is 0 Å². The van der Waals surface area contributed by atoms with Crippen LogP contribution in [0.5, 0.6) is 0 Å². The van der Waals surface area contributed by atoms with Crippen LogP contribution in [-0.2, 0) is 16.1 Å². The molecule has 0 unspecified atom stereocenters. The van der Waals surface area contributed by atoms with Gasteiger partial charge in [0.2, 0.25) is 5.91 Å². The molecule has 0 aliphatic carbocycles. The fraction of sp³-hybridized carbons (Fsp3) is 0.318. The molecule has 152 valence electrons. The van der Waals surface area contributed by atoms with E-state index in [9.17, 15) is 14.4 Å². The summed E-state index contributed by atoms with van der Waals surface area (Å²) in [5.41, 5.74) is 7.86. The van der Waals surface area contributed by atoms with E-state index in [1.165, 1.54) is 0 Å². The number of hydrogen-bond donors (Lipinski definition) is 2. The van der Waals surface area contributed by atoms with Crippen LogP contribution in [0.1, 0.15) is 34.3 Å². The molecule has 3 amide bonds. The molecule has 1 aliphatic rings. The SMILES string of the molecule is Cc1cccc(C(N)=O)c1NC(=O)C1CCN(C(=O)OCc2ccccc2)CC1. The number of ether oxygens (including phenoxy) is 1. The fourth-order valence-electron chi connectivity index (χ4n) is 3.40. The average molecular weight is 395 g/mol. The van der Waals surface area contributed by atoms with Crippen molar-refractivity contribution in [3.05, 3.63) is 65.2 Å². The summed E-state index contributed by atoms with van der Waals surface area (Å²) >= 11 is 0. The van der Waals surface area contributed by atoms with Gasteiger partial charge in [-0.05, 0) is 37.0 Å². The lowest BCUT2D eigenvalue weighted by Gasteiger charge is -2.30. The van der Waals surface area contributed by atoms with Crippen LogP contribution >= 0.6 is 0 Å². The number of hydrogen-bond acceptors (Lipinski definition) is 4. The van der Waals surface area contributed by atoms with Crippen molar-refractivity contribution in [3.8, 4) is 0 Å². The highest BCUT2D eigenvalue weighted by Gasteiger charge is 2.29. The van der Waals surface area contributed by atoms with Crippen LogP contribution in [0, 0.1) is 12.8 Å². The Hall–Kier alpha value is -3.35. The number of carbonyl (C=O) groups is 3. The third-order valence-electron chi connectivity index (χ3n) is 5.12. The molecule has 1 fully saturated rings. The Morgan fingerprint density at radius 3 is 2.41 bits per heavy atom. The van der Waals surface area contributed by atoms with E-state index in [2.05, 4.69) is 5.32 Å². The molecule has 7 heteroatoms. The first kappa shape index (κ1) is 20.4. The van der Waals surface area contributed by atoms with Gasteiger partial charge in [-0.2, -0.15) is 0 Å². The number of rotatable bonds is 5. The van der Waals surface area contributed by atoms with Crippen molar-refractivity contribution < 1.29 is 19.1 Å². The number of nitrogens with two attached hydrogens (primary N) is 1. The van der Waals surface area contributed by atoms with Crippen LogP contribution in [0.15, 0.2) is 48.5 Å². The highest BCUT2D eigenvalue weighted by atomic mass is 16.6. The average Bonchev–Trinajstić information content (AvgIpc) is 2.74. The molecule has 1 saturated heterocycles. The zero-order chi connectivity index (χ0) is 20.8. The minimum Gasteiger partial charge on any atom is -0.445 e. The van der Waals surface area contributed by atoms with Gasteiger partial charge in [-0.1, -0.05) is 42.5 Å². The molecular weight excluding hydrogens is 370 g/mol. The summed E-state index contributed by atoms with van der Waals surface area (Å²) in [6.07, 6.45) is 0.691. The molecule has 2 aromatic rings. The first-order chi connectivity index (χ1) is 14.0. The van der Waals surface area contributed by atoms with Crippen LogP contribution in [0.4, 0.5) is 10.5 Å². The number of benzene rings is 2. The number of amides is 3. The highest BCUT2D eigenvalue weighted by Crippen LogP contribution is 2.24. The fourth-order valence-corrected chi connectivity index (χ4v) is 3.40. The summed E-state index contributed by atoms with van der Waals surface area (Å²) in [4.78, 5) is 38.2. The van der Waals surface area contributed by atoms with Crippen LogP contribution in [0.3, 0.4) is 0 Å². The van der Waals surface area contributed by atoms with Gasteiger partial charge in [-0.3, -0.25) is 9.59 Å². The second-order valence-corrected chi connectivity index (χ2v) is 7.15. The quantitative estimate of drug-likeness (QED) is 0.812. The normalized spacial score (nSPS) is 14.3. The summed E-state index contributed by atoms with van der Waals surface area (Å²) < 4.78 is 5.35. The van der Waals surface area contributed by atoms with Gasteiger partial charge in [0.25, 0.3) is 5.91 Å². The molecule has 1 aliphatic heterocycles. The zero-order valence-corrected chi connectivity index (χ0v) is 16.4. The molecule has 29 heavy (non-hydrogen) atoms. The zero-order valence-electron chi connectivity index (χ0n) is 16.4. The number of nitrogens with one attached hydrogen (secondary N) is 1. The number of anilines is 1. The van der Waals surface area contributed by atoms with E-state index >= 15 is 0 Å². The van der Waals surface area contributed by atoms with Gasteiger partial charge in [-0.15, -0.1) is 0 Å². The molecule has 3 rings (SSSR count). The number of piperidine rings is 1. The minimum absolute atomic E-state index is 0.167.